The summed E-state index contributed by atoms with van der Waals surface area (Å²) in [5.41, 5.74) is 0.898. The number of urea groups is 1. The molecule has 18 heavy (non-hydrogen) atoms. The Hall–Kier alpha value is -2.11. The molecule has 0 saturated heterocycles. The summed E-state index contributed by atoms with van der Waals surface area (Å²) in [6.45, 7) is 2.26. The lowest BCUT2D eigenvalue weighted by molar-refractivity contribution is -0.140. The number of aliphatic carboxylic acids is 1. The second-order valence-corrected chi connectivity index (χ2v) is 4.50. The molecular formula is C12H15N3O3. The maximum Gasteiger partial charge on any atom is 0.329 e. The quantitative estimate of drug-likeness (QED) is 0.736. The van der Waals surface area contributed by atoms with E-state index in [1.165, 1.54) is 0 Å². The number of carbonyl (C=O) groups is 2. The van der Waals surface area contributed by atoms with Crippen LogP contribution < -0.4 is 10.6 Å². The smallest absolute Gasteiger partial charge is 0.329 e. The van der Waals surface area contributed by atoms with Gasteiger partial charge in [0.05, 0.1) is 0 Å². The summed E-state index contributed by atoms with van der Waals surface area (Å²) in [5.74, 6) is -0.974. The Labute approximate surface area is 104 Å². The van der Waals surface area contributed by atoms with Gasteiger partial charge in [-0.2, -0.15) is 0 Å². The Morgan fingerprint density at radius 2 is 2.22 bits per heavy atom. The number of carbonyl (C=O) groups excluding carboxylic acids is 1. The summed E-state index contributed by atoms with van der Waals surface area (Å²) >= 11 is 0. The summed E-state index contributed by atoms with van der Waals surface area (Å²) in [6.07, 6.45) is 4.35. The first-order valence-corrected chi connectivity index (χ1v) is 5.72. The number of carboxylic acids is 1. The van der Waals surface area contributed by atoms with Crippen LogP contribution >= 0.6 is 0 Å². The molecule has 0 unspecified atom stereocenters. The minimum atomic E-state index is -1.04. The molecule has 6 nitrogen and oxygen atoms in total. The Morgan fingerprint density at radius 3 is 2.78 bits per heavy atom. The molecule has 1 aliphatic rings. The van der Waals surface area contributed by atoms with Crippen LogP contribution in [-0.2, 0) is 11.3 Å². The van der Waals surface area contributed by atoms with E-state index in [4.69, 9.17) is 5.11 Å². The van der Waals surface area contributed by atoms with Crippen LogP contribution in [0.15, 0.2) is 18.5 Å². The van der Waals surface area contributed by atoms with Crippen LogP contribution in [0, 0.1) is 6.92 Å². The second-order valence-electron chi connectivity index (χ2n) is 4.50. The predicted molar refractivity (Wildman–Crippen MR) is 63.9 cm³/mol. The molecule has 2 amide bonds. The van der Waals surface area contributed by atoms with Crippen LogP contribution in [0.2, 0.25) is 0 Å². The Kier molecular flexibility index (Phi) is 3.18. The Balaban J connectivity index is 1.86. The third-order valence-corrected chi connectivity index (χ3v) is 3.09. The number of rotatable bonds is 4. The SMILES string of the molecule is Cc1cnccc1CNC(=O)NC1(C(=O)O)CC1. The van der Waals surface area contributed by atoms with Gasteiger partial charge in [0.2, 0.25) is 0 Å². The molecule has 0 aliphatic heterocycles. The zero-order valence-corrected chi connectivity index (χ0v) is 10.1. The highest BCUT2D eigenvalue weighted by Gasteiger charge is 2.51. The largest absolute Gasteiger partial charge is 0.480 e. The standard InChI is InChI=1S/C12H15N3O3/c1-8-6-13-5-2-9(8)7-14-11(18)15-12(3-4-12)10(16)17/h2,5-6H,3-4,7H2,1H3,(H,16,17)(H2,14,15,18). The number of aryl methyl sites for hydroxylation is 1. The van der Waals surface area contributed by atoms with Crippen LogP contribution in [0.5, 0.6) is 0 Å². The molecule has 1 aromatic heterocycles. The van der Waals surface area contributed by atoms with Crippen molar-refractivity contribution in [3.63, 3.8) is 0 Å². The molecule has 0 atom stereocenters. The van der Waals surface area contributed by atoms with Gasteiger partial charge in [0, 0.05) is 18.9 Å². The number of pyridine rings is 1. The fourth-order valence-corrected chi connectivity index (χ4v) is 1.65. The fourth-order valence-electron chi connectivity index (χ4n) is 1.65. The molecule has 3 N–H and O–H groups in total. The van der Waals surface area contributed by atoms with E-state index in [-0.39, 0.29) is 0 Å². The van der Waals surface area contributed by atoms with E-state index in [0.29, 0.717) is 19.4 Å². The van der Waals surface area contributed by atoms with E-state index < -0.39 is 17.5 Å². The third kappa shape index (κ3) is 2.58. The average Bonchev–Trinajstić information content (AvgIpc) is 3.09. The normalized spacial score (nSPS) is 15.8. The maximum atomic E-state index is 11.6. The lowest BCUT2D eigenvalue weighted by Crippen LogP contribution is -2.47. The van der Waals surface area contributed by atoms with Gasteiger partial charge >= 0.3 is 12.0 Å². The number of hydrogen-bond acceptors (Lipinski definition) is 3. The van der Waals surface area contributed by atoms with Gasteiger partial charge in [0.25, 0.3) is 0 Å². The number of nitrogens with one attached hydrogen (secondary N) is 2. The lowest BCUT2D eigenvalue weighted by atomic mass is 10.1. The highest BCUT2D eigenvalue weighted by Crippen LogP contribution is 2.35. The van der Waals surface area contributed by atoms with Gasteiger partial charge in [0.1, 0.15) is 5.54 Å². The van der Waals surface area contributed by atoms with Crippen LogP contribution in [0.4, 0.5) is 4.79 Å². The fraction of sp³-hybridized carbons (Fsp3) is 0.417. The summed E-state index contributed by atoms with van der Waals surface area (Å²) < 4.78 is 0. The molecule has 0 bridgehead atoms. The minimum Gasteiger partial charge on any atom is -0.480 e. The van der Waals surface area contributed by atoms with Crippen molar-refractivity contribution in [1.29, 1.82) is 0 Å². The molecule has 6 heteroatoms. The van der Waals surface area contributed by atoms with Gasteiger partial charge in [-0.3, -0.25) is 4.98 Å². The van der Waals surface area contributed by atoms with E-state index in [1.807, 2.05) is 13.0 Å². The number of amides is 2. The highest BCUT2D eigenvalue weighted by atomic mass is 16.4. The number of hydrogen-bond donors (Lipinski definition) is 3. The molecule has 1 aliphatic carbocycles. The van der Waals surface area contributed by atoms with Crippen molar-refractivity contribution < 1.29 is 14.7 Å². The zero-order chi connectivity index (χ0) is 13.2. The second kappa shape index (κ2) is 4.64. The van der Waals surface area contributed by atoms with Crippen molar-refractivity contribution >= 4 is 12.0 Å². The number of aromatic nitrogens is 1. The average molecular weight is 249 g/mol. The summed E-state index contributed by atoms with van der Waals surface area (Å²) in [6, 6.07) is 1.37. The topological polar surface area (TPSA) is 91.3 Å². The minimum absolute atomic E-state index is 0.357. The molecule has 1 heterocycles. The third-order valence-electron chi connectivity index (χ3n) is 3.09. The van der Waals surface area contributed by atoms with Gasteiger partial charge in [-0.15, -0.1) is 0 Å². The van der Waals surface area contributed by atoms with Crippen LogP contribution in [0.25, 0.3) is 0 Å². The number of nitrogens with zero attached hydrogens (tertiary/aromatic N) is 1. The van der Waals surface area contributed by atoms with Crippen molar-refractivity contribution in [2.45, 2.75) is 31.8 Å². The summed E-state index contributed by atoms with van der Waals surface area (Å²) in [5, 5.41) is 14.1. The van der Waals surface area contributed by atoms with Crippen molar-refractivity contribution in [1.82, 2.24) is 15.6 Å². The van der Waals surface area contributed by atoms with Gasteiger partial charge in [-0.1, -0.05) is 0 Å². The summed E-state index contributed by atoms with van der Waals surface area (Å²) in [7, 11) is 0. The molecule has 2 rings (SSSR count). The maximum absolute atomic E-state index is 11.6. The van der Waals surface area contributed by atoms with Crippen molar-refractivity contribution in [3.8, 4) is 0 Å². The zero-order valence-electron chi connectivity index (χ0n) is 10.1. The van der Waals surface area contributed by atoms with E-state index in [1.54, 1.807) is 12.4 Å². The molecule has 1 aromatic rings. The molecule has 0 aromatic carbocycles. The van der Waals surface area contributed by atoms with Crippen LogP contribution in [0.1, 0.15) is 24.0 Å². The lowest BCUT2D eigenvalue weighted by Gasteiger charge is -2.13. The molecule has 1 fully saturated rings. The first kappa shape index (κ1) is 12.3. The van der Waals surface area contributed by atoms with Crippen molar-refractivity contribution in [2.24, 2.45) is 0 Å². The molecule has 96 valence electrons. The molecule has 0 spiro atoms. The van der Waals surface area contributed by atoms with Gasteiger partial charge < -0.3 is 15.7 Å². The Morgan fingerprint density at radius 1 is 1.50 bits per heavy atom. The van der Waals surface area contributed by atoms with E-state index >= 15 is 0 Å². The van der Waals surface area contributed by atoms with Crippen LogP contribution in [-0.4, -0.2) is 27.6 Å². The first-order chi connectivity index (χ1) is 8.53. The van der Waals surface area contributed by atoms with Crippen LogP contribution in [0.3, 0.4) is 0 Å². The molecular weight excluding hydrogens is 234 g/mol. The van der Waals surface area contributed by atoms with E-state index in [0.717, 1.165) is 11.1 Å². The van der Waals surface area contributed by atoms with Gasteiger partial charge in [-0.05, 0) is 37.0 Å². The molecule has 1 saturated carbocycles. The highest BCUT2D eigenvalue weighted by molar-refractivity contribution is 5.88. The molecule has 0 radical (unpaired) electrons. The van der Waals surface area contributed by atoms with Gasteiger partial charge in [0.15, 0.2) is 0 Å². The number of carboxylic acid groups (broad SMARTS) is 1. The van der Waals surface area contributed by atoms with E-state index in [2.05, 4.69) is 15.6 Å². The van der Waals surface area contributed by atoms with Crippen molar-refractivity contribution in [2.75, 3.05) is 0 Å². The van der Waals surface area contributed by atoms with E-state index in [9.17, 15) is 9.59 Å². The van der Waals surface area contributed by atoms with Gasteiger partial charge in [-0.25, -0.2) is 9.59 Å². The monoisotopic (exact) mass is 249 g/mol. The Bertz CT molecular complexity index is 483. The predicted octanol–water partition coefficient (Wildman–Crippen LogP) is 0.806. The first-order valence-electron chi connectivity index (χ1n) is 5.72. The van der Waals surface area contributed by atoms with Crippen molar-refractivity contribution in [3.05, 3.63) is 29.6 Å². The summed E-state index contributed by atoms with van der Waals surface area (Å²) in [4.78, 5) is 26.4.